The molecule has 2 aromatic rings. The zero-order chi connectivity index (χ0) is 20.2. The van der Waals surface area contributed by atoms with Gasteiger partial charge in [-0.2, -0.15) is 0 Å². The van der Waals surface area contributed by atoms with Crippen molar-refractivity contribution >= 4 is 0 Å². The van der Waals surface area contributed by atoms with Crippen molar-refractivity contribution in [3.63, 3.8) is 0 Å². The molecule has 0 saturated heterocycles. The molecule has 0 aliphatic heterocycles. The summed E-state index contributed by atoms with van der Waals surface area (Å²) in [6.07, 6.45) is -0.576. The predicted molar refractivity (Wildman–Crippen MR) is 109 cm³/mol. The van der Waals surface area contributed by atoms with Gasteiger partial charge in [-0.3, -0.25) is 4.90 Å². The van der Waals surface area contributed by atoms with Crippen LogP contribution < -0.4 is 14.2 Å². The lowest BCUT2D eigenvalue weighted by atomic mass is 10.2. The first kappa shape index (κ1) is 22.0. The number of nitrogens with zero attached hydrogens (tertiary/aromatic N) is 1. The average Bonchev–Trinajstić information content (AvgIpc) is 2.71. The number of hydrogen-bond acceptors (Lipinski definition) is 6. The van der Waals surface area contributed by atoms with E-state index in [1.165, 1.54) is 0 Å². The minimum Gasteiger partial charge on any atom is -0.497 e. The molecule has 0 saturated carbocycles. The van der Waals surface area contributed by atoms with Crippen molar-refractivity contribution < 1.29 is 24.1 Å². The molecular formula is C22H31NO5. The zero-order valence-corrected chi connectivity index (χ0v) is 17.0. The number of aliphatic hydroxyl groups is 1. The van der Waals surface area contributed by atoms with Crippen molar-refractivity contribution in [1.82, 2.24) is 4.90 Å². The minimum atomic E-state index is -0.576. The summed E-state index contributed by atoms with van der Waals surface area (Å²) in [7, 11) is 3.60. The van der Waals surface area contributed by atoms with E-state index >= 15 is 0 Å². The molecule has 2 aromatic carbocycles. The van der Waals surface area contributed by atoms with E-state index in [0.29, 0.717) is 32.1 Å². The molecule has 2 rings (SSSR count). The van der Waals surface area contributed by atoms with Crippen LogP contribution >= 0.6 is 0 Å². The standard InChI is InChI=1S/C22H31NO5/c1-4-26-13-14-27-21-7-5-18(6-8-21)15-23(2)16-19(24)17-28-22-11-9-20(25-3)10-12-22/h5-12,19,24H,4,13-17H2,1-3H3. The lowest BCUT2D eigenvalue weighted by Crippen LogP contribution is -2.32. The van der Waals surface area contributed by atoms with Gasteiger partial charge in [0, 0.05) is 19.7 Å². The molecule has 1 unspecified atom stereocenters. The maximum atomic E-state index is 10.2. The van der Waals surface area contributed by atoms with Gasteiger partial charge in [-0.15, -0.1) is 0 Å². The van der Waals surface area contributed by atoms with Crippen molar-refractivity contribution in [2.75, 3.05) is 47.1 Å². The summed E-state index contributed by atoms with van der Waals surface area (Å²) >= 11 is 0. The molecule has 1 N–H and O–H groups in total. The maximum Gasteiger partial charge on any atom is 0.119 e. The zero-order valence-electron chi connectivity index (χ0n) is 17.0. The molecule has 0 aliphatic rings. The van der Waals surface area contributed by atoms with Crippen LogP contribution in [0.15, 0.2) is 48.5 Å². The predicted octanol–water partition coefficient (Wildman–Crippen LogP) is 2.98. The number of rotatable bonds is 13. The van der Waals surface area contributed by atoms with Gasteiger partial charge in [0.05, 0.1) is 13.7 Å². The van der Waals surface area contributed by atoms with Crippen LogP contribution in [-0.2, 0) is 11.3 Å². The SMILES string of the molecule is CCOCCOc1ccc(CN(C)CC(O)COc2ccc(OC)cc2)cc1. The second-order valence-electron chi connectivity index (χ2n) is 6.53. The van der Waals surface area contributed by atoms with E-state index in [1.54, 1.807) is 7.11 Å². The molecule has 0 amide bonds. The summed E-state index contributed by atoms with van der Waals surface area (Å²) in [6.45, 7) is 5.30. The smallest absolute Gasteiger partial charge is 0.119 e. The molecule has 0 bridgehead atoms. The fourth-order valence-corrected chi connectivity index (χ4v) is 2.71. The number of ether oxygens (including phenoxy) is 4. The van der Waals surface area contributed by atoms with Crippen LogP contribution in [-0.4, -0.2) is 63.2 Å². The molecule has 0 aliphatic carbocycles. The average molecular weight is 389 g/mol. The lowest BCUT2D eigenvalue weighted by Gasteiger charge is -2.21. The van der Waals surface area contributed by atoms with Gasteiger partial charge in [0.25, 0.3) is 0 Å². The number of hydrogen-bond donors (Lipinski definition) is 1. The van der Waals surface area contributed by atoms with Crippen LogP contribution in [0.4, 0.5) is 0 Å². The largest absolute Gasteiger partial charge is 0.497 e. The van der Waals surface area contributed by atoms with Gasteiger partial charge in [-0.25, -0.2) is 0 Å². The second kappa shape index (κ2) is 12.2. The van der Waals surface area contributed by atoms with E-state index in [0.717, 1.165) is 23.6 Å². The molecule has 1 atom stereocenters. The highest BCUT2D eigenvalue weighted by Gasteiger charge is 2.10. The van der Waals surface area contributed by atoms with E-state index < -0.39 is 6.10 Å². The molecule has 0 fully saturated rings. The fraction of sp³-hybridized carbons (Fsp3) is 0.455. The third-order valence-electron chi connectivity index (χ3n) is 4.10. The van der Waals surface area contributed by atoms with Crippen molar-refractivity contribution in [3.8, 4) is 17.2 Å². The van der Waals surface area contributed by atoms with E-state index in [9.17, 15) is 5.11 Å². The van der Waals surface area contributed by atoms with Gasteiger partial charge in [-0.05, 0) is 55.9 Å². The molecule has 0 spiro atoms. The van der Waals surface area contributed by atoms with Crippen LogP contribution in [0.3, 0.4) is 0 Å². The summed E-state index contributed by atoms with van der Waals surface area (Å²) in [5, 5.41) is 10.2. The molecular weight excluding hydrogens is 358 g/mol. The first-order chi connectivity index (χ1) is 13.6. The summed E-state index contributed by atoms with van der Waals surface area (Å²) in [4.78, 5) is 2.06. The van der Waals surface area contributed by atoms with Crippen LogP contribution in [0.25, 0.3) is 0 Å². The molecule has 154 valence electrons. The molecule has 0 aromatic heterocycles. The highest BCUT2D eigenvalue weighted by Crippen LogP contribution is 2.17. The molecule has 0 heterocycles. The van der Waals surface area contributed by atoms with Crippen LogP contribution in [0.5, 0.6) is 17.2 Å². The number of benzene rings is 2. The summed E-state index contributed by atoms with van der Waals surface area (Å²) in [6, 6.07) is 15.3. The van der Waals surface area contributed by atoms with E-state index in [4.69, 9.17) is 18.9 Å². The normalized spacial score (nSPS) is 12.0. The summed E-state index contributed by atoms with van der Waals surface area (Å²) < 4.78 is 21.6. The first-order valence-corrected chi connectivity index (χ1v) is 9.53. The summed E-state index contributed by atoms with van der Waals surface area (Å²) in [5.74, 6) is 2.32. The molecule has 28 heavy (non-hydrogen) atoms. The van der Waals surface area contributed by atoms with Crippen LogP contribution in [0.2, 0.25) is 0 Å². The Hall–Kier alpha value is -2.28. The molecule has 6 nitrogen and oxygen atoms in total. The Labute approximate surface area is 167 Å². The Balaban J connectivity index is 1.69. The van der Waals surface area contributed by atoms with E-state index in [-0.39, 0.29) is 6.61 Å². The van der Waals surface area contributed by atoms with Gasteiger partial charge >= 0.3 is 0 Å². The lowest BCUT2D eigenvalue weighted by molar-refractivity contribution is 0.0743. The number of aliphatic hydroxyl groups excluding tert-OH is 1. The van der Waals surface area contributed by atoms with Gasteiger partial charge in [0.2, 0.25) is 0 Å². The Morgan fingerprint density at radius 3 is 2.14 bits per heavy atom. The Kier molecular flexibility index (Phi) is 9.62. The van der Waals surface area contributed by atoms with Gasteiger partial charge in [-0.1, -0.05) is 12.1 Å². The first-order valence-electron chi connectivity index (χ1n) is 9.53. The Bertz CT molecular complexity index is 660. The van der Waals surface area contributed by atoms with Crippen molar-refractivity contribution in [1.29, 1.82) is 0 Å². The monoisotopic (exact) mass is 389 g/mol. The summed E-state index contributed by atoms with van der Waals surface area (Å²) in [5.41, 5.74) is 1.16. The van der Waals surface area contributed by atoms with Crippen molar-refractivity contribution in [3.05, 3.63) is 54.1 Å². The maximum absolute atomic E-state index is 10.2. The van der Waals surface area contributed by atoms with Crippen LogP contribution in [0.1, 0.15) is 12.5 Å². The van der Waals surface area contributed by atoms with E-state index in [2.05, 4.69) is 4.90 Å². The molecule has 0 radical (unpaired) electrons. The third-order valence-corrected chi connectivity index (χ3v) is 4.10. The topological polar surface area (TPSA) is 60.4 Å². The Morgan fingerprint density at radius 1 is 0.893 bits per heavy atom. The van der Waals surface area contributed by atoms with Gasteiger partial charge in [0.15, 0.2) is 0 Å². The highest BCUT2D eigenvalue weighted by atomic mass is 16.5. The van der Waals surface area contributed by atoms with E-state index in [1.807, 2.05) is 62.5 Å². The number of methoxy groups -OCH3 is 1. The minimum absolute atomic E-state index is 0.239. The quantitative estimate of drug-likeness (QED) is 0.532. The van der Waals surface area contributed by atoms with Gasteiger partial charge in [0.1, 0.15) is 36.6 Å². The number of likely N-dealkylation sites (N-methyl/N-ethyl adjacent to an activating group) is 1. The Morgan fingerprint density at radius 2 is 1.50 bits per heavy atom. The van der Waals surface area contributed by atoms with Crippen LogP contribution in [0, 0.1) is 0 Å². The third kappa shape index (κ3) is 8.17. The second-order valence-corrected chi connectivity index (χ2v) is 6.53. The van der Waals surface area contributed by atoms with Crippen molar-refractivity contribution in [2.24, 2.45) is 0 Å². The van der Waals surface area contributed by atoms with Crippen molar-refractivity contribution in [2.45, 2.75) is 19.6 Å². The molecule has 6 heteroatoms. The van der Waals surface area contributed by atoms with Gasteiger partial charge < -0.3 is 24.1 Å². The highest BCUT2D eigenvalue weighted by molar-refractivity contribution is 5.31. The fourth-order valence-electron chi connectivity index (χ4n) is 2.71.